The summed E-state index contributed by atoms with van der Waals surface area (Å²) in [5.41, 5.74) is 1.59. The molecule has 0 atom stereocenters. The predicted molar refractivity (Wildman–Crippen MR) is 108 cm³/mol. The summed E-state index contributed by atoms with van der Waals surface area (Å²) in [6.07, 6.45) is 5.17. The highest BCUT2D eigenvalue weighted by Crippen LogP contribution is 2.20. The van der Waals surface area contributed by atoms with Gasteiger partial charge in [0.05, 0.1) is 7.11 Å². The van der Waals surface area contributed by atoms with E-state index in [1.54, 1.807) is 13.2 Å². The zero-order chi connectivity index (χ0) is 19.9. The lowest BCUT2D eigenvalue weighted by Crippen LogP contribution is -2.13. The van der Waals surface area contributed by atoms with Crippen LogP contribution in [0, 0.1) is 11.3 Å². The van der Waals surface area contributed by atoms with Crippen molar-refractivity contribution in [3.8, 4) is 17.5 Å². The van der Waals surface area contributed by atoms with Gasteiger partial charge in [-0.05, 0) is 48.9 Å². The van der Waals surface area contributed by atoms with Crippen LogP contribution in [0.1, 0.15) is 24.0 Å². The Morgan fingerprint density at radius 2 is 2.11 bits per heavy atom. The summed E-state index contributed by atoms with van der Waals surface area (Å²) in [5, 5.41) is 21.3. The third kappa shape index (κ3) is 4.45. The van der Waals surface area contributed by atoms with Gasteiger partial charge in [-0.1, -0.05) is 18.3 Å². The van der Waals surface area contributed by atoms with Gasteiger partial charge >= 0.3 is 0 Å². The van der Waals surface area contributed by atoms with Gasteiger partial charge in [-0.15, -0.1) is 10.2 Å². The normalized spacial score (nSPS) is 11.1. The van der Waals surface area contributed by atoms with Crippen molar-refractivity contribution < 1.29 is 9.53 Å². The van der Waals surface area contributed by atoms with Gasteiger partial charge < -0.3 is 9.30 Å². The van der Waals surface area contributed by atoms with Gasteiger partial charge in [-0.2, -0.15) is 5.26 Å². The summed E-state index contributed by atoms with van der Waals surface area (Å²) in [6, 6.07) is 13.2. The zero-order valence-electron chi connectivity index (χ0n) is 15.5. The van der Waals surface area contributed by atoms with Crippen molar-refractivity contribution in [2.24, 2.45) is 0 Å². The van der Waals surface area contributed by atoms with E-state index in [1.807, 2.05) is 60.2 Å². The van der Waals surface area contributed by atoms with E-state index in [2.05, 4.69) is 15.5 Å². The summed E-state index contributed by atoms with van der Waals surface area (Å²) in [6.45, 7) is 2.05. The molecule has 0 aliphatic rings. The molecule has 1 aromatic carbocycles. The highest BCUT2D eigenvalue weighted by molar-refractivity contribution is 7.15. The fourth-order valence-corrected chi connectivity index (χ4v) is 3.41. The van der Waals surface area contributed by atoms with Gasteiger partial charge in [0.25, 0.3) is 5.91 Å². The van der Waals surface area contributed by atoms with Crippen molar-refractivity contribution >= 4 is 28.5 Å². The van der Waals surface area contributed by atoms with Crippen LogP contribution in [0.15, 0.2) is 48.2 Å². The van der Waals surface area contributed by atoms with Crippen LogP contribution in [0.3, 0.4) is 0 Å². The number of aromatic nitrogens is 3. The molecule has 0 bridgehead atoms. The molecular formula is C20H19N5O2S. The number of amides is 1. The molecule has 1 N–H and O–H groups in total. The number of carbonyl (C=O) groups excluding carboxylic acids is 1. The number of hydrogen-bond acceptors (Lipinski definition) is 6. The van der Waals surface area contributed by atoms with Gasteiger partial charge in [-0.25, -0.2) is 0 Å². The van der Waals surface area contributed by atoms with Gasteiger partial charge in [-0.3, -0.25) is 10.1 Å². The maximum atomic E-state index is 12.5. The SMILES string of the molecule is CCCc1nnc(NC(=O)/C(C#N)=C\c2cccn2-c2ccc(OC)cc2)s1. The summed E-state index contributed by atoms with van der Waals surface area (Å²) in [7, 11) is 1.61. The second-order valence-corrected chi connectivity index (χ2v) is 6.94. The summed E-state index contributed by atoms with van der Waals surface area (Å²) < 4.78 is 7.06. The largest absolute Gasteiger partial charge is 0.497 e. The van der Waals surface area contributed by atoms with E-state index >= 15 is 0 Å². The average Bonchev–Trinajstić information content (AvgIpc) is 3.35. The number of rotatable bonds is 7. The Morgan fingerprint density at radius 3 is 2.79 bits per heavy atom. The number of hydrogen-bond donors (Lipinski definition) is 1. The molecular weight excluding hydrogens is 374 g/mol. The molecule has 142 valence electrons. The first-order valence-electron chi connectivity index (χ1n) is 8.72. The van der Waals surface area contributed by atoms with E-state index in [0.717, 1.165) is 29.3 Å². The second-order valence-electron chi connectivity index (χ2n) is 5.88. The monoisotopic (exact) mass is 393 g/mol. The average molecular weight is 393 g/mol. The van der Waals surface area contributed by atoms with Crippen molar-refractivity contribution in [3.05, 3.63) is 58.9 Å². The van der Waals surface area contributed by atoms with Gasteiger partial charge in [0.2, 0.25) is 5.13 Å². The van der Waals surface area contributed by atoms with Gasteiger partial charge in [0.15, 0.2) is 0 Å². The van der Waals surface area contributed by atoms with Crippen LogP contribution in [0.4, 0.5) is 5.13 Å². The first kappa shape index (κ1) is 19.3. The number of aryl methyl sites for hydroxylation is 1. The van der Waals surface area contributed by atoms with Crippen molar-refractivity contribution in [1.29, 1.82) is 5.26 Å². The number of ether oxygens (including phenoxy) is 1. The summed E-state index contributed by atoms with van der Waals surface area (Å²) in [5.74, 6) is 0.244. The fourth-order valence-electron chi connectivity index (χ4n) is 2.57. The smallest absolute Gasteiger partial charge is 0.268 e. The number of nitrogens with zero attached hydrogens (tertiary/aromatic N) is 4. The maximum absolute atomic E-state index is 12.5. The van der Waals surface area contributed by atoms with Crippen molar-refractivity contribution in [2.75, 3.05) is 12.4 Å². The number of benzene rings is 1. The Bertz CT molecular complexity index is 1030. The minimum absolute atomic E-state index is 0.0132. The number of anilines is 1. The first-order valence-corrected chi connectivity index (χ1v) is 9.53. The molecule has 3 aromatic rings. The van der Waals surface area contributed by atoms with E-state index < -0.39 is 5.91 Å². The lowest BCUT2D eigenvalue weighted by molar-refractivity contribution is -0.112. The number of methoxy groups -OCH3 is 1. The van der Waals surface area contributed by atoms with Gasteiger partial charge in [0.1, 0.15) is 22.4 Å². The second kappa shape index (κ2) is 8.97. The molecule has 0 saturated carbocycles. The Morgan fingerprint density at radius 1 is 1.32 bits per heavy atom. The highest BCUT2D eigenvalue weighted by Gasteiger charge is 2.14. The fraction of sp³-hybridized carbons (Fsp3) is 0.200. The van der Waals surface area contributed by atoms with Crippen molar-refractivity contribution in [2.45, 2.75) is 19.8 Å². The van der Waals surface area contributed by atoms with E-state index in [9.17, 15) is 10.1 Å². The zero-order valence-corrected chi connectivity index (χ0v) is 16.4. The molecule has 7 nitrogen and oxygen atoms in total. The van der Waals surface area contributed by atoms with E-state index in [1.165, 1.54) is 11.3 Å². The minimum Gasteiger partial charge on any atom is -0.497 e. The van der Waals surface area contributed by atoms with Crippen molar-refractivity contribution in [3.63, 3.8) is 0 Å². The third-order valence-corrected chi connectivity index (χ3v) is 4.84. The molecule has 0 unspecified atom stereocenters. The molecule has 0 saturated heterocycles. The van der Waals surface area contributed by atoms with Crippen LogP contribution in [0.5, 0.6) is 5.75 Å². The van der Waals surface area contributed by atoms with Crippen LogP contribution < -0.4 is 10.1 Å². The van der Waals surface area contributed by atoms with Crippen LogP contribution in [0.2, 0.25) is 0 Å². The molecule has 8 heteroatoms. The Balaban J connectivity index is 1.81. The molecule has 28 heavy (non-hydrogen) atoms. The predicted octanol–water partition coefficient (Wildman–Crippen LogP) is 3.84. The van der Waals surface area contributed by atoms with Crippen LogP contribution in [-0.2, 0) is 11.2 Å². The lowest BCUT2D eigenvalue weighted by Gasteiger charge is -2.08. The summed E-state index contributed by atoms with van der Waals surface area (Å²) >= 11 is 1.32. The quantitative estimate of drug-likeness (QED) is 0.486. The molecule has 0 aliphatic heterocycles. The first-order chi connectivity index (χ1) is 13.6. The Kier molecular flexibility index (Phi) is 6.19. The number of nitrogens with one attached hydrogen (secondary N) is 1. The molecule has 0 radical (unpaired) electrons. The molecule has 1 amide bonds. The molecule has 3 rings (SSSR count). The van der Waals surface area contributed by atoms with E-state index in [4.69, 9.17) is 4.74 Å². The van der Waals surface area contributed by atoms with Crippen LogP contribution in [-0.4, -0.2) is 27.8 Å². The Labute approximate surface area is 166 Å². The third-order valence-electron chi connectivity index (χ3n) is 3.94. The Hall–Kier alpha value is -3.44. The molecule has 0 fully saturated rings. The number of carbonyl (C=O) groups is 1. The standard InChI is InChI=1S/C20H19N5O2S/c1-3-5-18-23-24-20(28-18)22-19(26)14(13-21)12-16-6-4-11-25(16)15-7-9-17(27-2)10-8-15/h4,6-12H,3,5H2,1-2H3,(H,22,24,26)/b14-12-. The molecule has 0 spiro atoms. The van der Waals surface area contributed by atoms with Crippen molar-refractivity contribution in [1.82, 2.24) is 14.8 Å². The minimum atomic E-state index is -0.510. The summed E-state index contributed by atoms with van der Waals surface area (Å²) in [4.78, 5) is 12.5. The molecule has 0 aliphatic carbocycles. The highest BCUT2D eigenvalue weighted by atomic mass is 32.1. The van der Waals surface area contributed by atoms with Gasteiger partial charge in [0, 0.05) is 24.0 Å². The molecule has 2 heterocycles. The molecule has 2 aromatic heterocycles. The number of nitriles is 1. The van der Waals surface area contributed by atoms with E-state index in [-0.39, 0.29) is 5.57 Å². The lowest BCUT2D eigenvalue weighted by atomic mass is 10.2. The van der Waals surface area contributed by atoms with Crippen LogP contribution >= 0.6 is 11.3 Å². The van der Waals surface area contributed by atoms with Crippen LogP contribution in [0.25, 0.3) is 11.8 Å². The topological polar surface area (TPSA) is 92.8 Å². The maximum Gasteiger partial charge on any atom is 0.268 e. The van der Waals surface area contributed by atoms with E-state index in [0.29, 0.717) is 10.8 Å².